The molecule has 1 aliphatic heterocycles. The highest BCUT2D eigenvalue weighted by molar-refractivity contribution is 5.76. The summed E-state index contributed by atoms with van der Waals surface area (Å²) in [4.78, 5) is 14.8. The molecule has 0 fully saturated rings. The van der Waals surface area contributed by atoms with E-state index >= 15 is 0 Å². The van der Waals surface area contributed by atoms with E-state index < -0.39 is 16.3 Å². The lowest BCUT2D eigenvalue weighted by Crippen LogP contribution is -2.34. The van der Waals surface area contributed by atoms with Gasteiger partial charge in [-0.2, -0.15) is 0 Å². The molecular formula is C16H16F2N3O3+. The third kappa shape index (κ3) is 2.88. The Hall–Kier alpha value is -2.74. The molecule has 1 unspecified atom stereocenters. The number of nitrogens with one attached hydrogen (secondary N) is 1. The van der Waals surface area contributed by atoms with Gasteiger partial charge in [0.2, 0.25) is 17.8 Å². The predicted molar refractivity (Wildman–Crippen MR) is 83.4 cm³/mol. The molecule has 0 radical (unpaired) electrons. The molecule has 0 spiro atoms. The fourth-order valence-corrected chi connectivity index (χ4v) is 2.56. The number of ether oxygens (including phenoxy) is 1. The number of fused-ring (bicyclic) bond motifs is 1. The summed E-state index contributed by atoms with van der Waals surface area (Å²) in [5.74, 6) is -1.02. The Morgan fingerprint density at radius 3 is 2.96 bits per heavy atom. The molecule has 1 aromatic heterocycles. The van der Waals surface area contributed by atoms with Gasteiger partial charge in [-0.25, -0.2) is 9.37 Å². The van der Waals surface area contributed by atoms with Crippen LogP contribution in [0.5, 0.6) is 11.5 Å². The molecular weight excluding hydrogens is 320 g/mol. The van der Waals surface area contributed by atoms with Gasteiger partial charge < -0.3 is 15.2 Å². The molecule has 2 N–H and O–H groups in total. The quantitative estimate of drug-likeness (QED) is 0.498. The third-order valence-corrected chi connectivity index (χ3v) is 3.79. The van der Waals surface area contributed by atoms with Crippen LogP contribution in [-0.4, -0.2) is 36.8 Å². The molecule has 2 heterocycles. The molecule has 8 heteroatoms. The van der Waals surface area contributed by atoms with Gasteiger partial charge in [0, 0.05) is 34.8 Å². The molecule has 24 heavy (non-hydrogen) atoms. The van der Waals surface area contributed by atoms with Crippen LogP contribution in [0.25, 0.3) is 11.3 Å². The van der Waals surface area contributed by atoms with Crippen LogP contribution in [0, 0.1) is 5.82 Å². The normalized spacial score (nSPS) is 18.8. The van der Waals surface area contributed by atoms with Gasteiger partial charge in [0.25, 0.3) is 6.73 Å². The lowest BCUT2D eigenvalue weighted by atomic mass is 10.1. The Morgan fingerprint density at radius 1 is 1.46 bits per heavy atom. The topological polar surface area (TPSA) is 71.5 Å². The summed E-state index contributed by atoms with van der Waals surface area (Å²) in [5, 5.41) is 12.1. The summed E-state index contributed by atoms with van der Waals surface area (Å²) in [6, 6.07) is 5.35. The number of benzene rings is 1. The van der Waals surface area contributed by atoms with Crippen molar-refractivity contribution in [2.75, 3.05) is 20.3 Å². The van der Waals surface area contributed by atoms with Crippen LogP contribution in [0.4, 0.5) is 14.6 Å². The van der Waals surface area contributed by atoms with Crippen molar-refractivity contribution in [3.8, 4) is 22.8 Å². The van der Waals surface area contributed by atoms with Gasteiger partial charge in [0.1, 0.15) is 12.7 Å². The number of carbonyl (C=O) groups is 1. The number of phenols is 1. The lowest BCUT2D eigenvalue weighted by Gasteiger charge is -2.13. The van der Waals surface area contributed by atoms with Gasteiger partial charge in [0.15, 0.2) is 11.6 Å². The zero-order chi connectivity index (χ0) is 17.3. The summed E-state index contributed by atoms with van der Waals surface area (Å²) in [6.45, 7) is 0.146. The van der Waals surface area contributed by atoms with Crippen LogP contribution in [0.2, 0.25) is 0 Å². The SMILES string of the molecule is C[N+]1(F)COc2c1cc(CCNC=O)nc2-c1ccc(F)c(O)c1. The summed E-state index contributed by atoms with van der Waals surface area (Å²) >= 11 is 0. The number of hydrogen-bond acceptors (Lipinski definition) is 4. The largest absolute Gasteiger partial charge is 0.505 e. The first-order valence-corrected chi connectivity index (χ1v) is 7.31. The minimum Gasteiger partial charge on any atom is -0.505 e. The summed E-state index contributed by atoms with van der Waals surface area (Å²) in [6.07, 6.45) is 0.969. The van der Waals surface area contributed by atoms with Gasteiger partial charge in [-0.1, -0.05) is 4.71 Å². The average Bonchev–Trinajstić information content (AvgIpc) is 2.85. The van der Waals surface area contributed by atoms with Crippen LogP contribution in [0.3, 0.4) is 0 Å². The summed E-state index contributed by atoms with van der Waals surface area (Å²) in [7, 11) is 1.35. The Labute approximate surface area is 136 Å². The van der Waals surface area contributed by atoms with Crippen molar-refractivity contribution in [3.63, 3.8) is 0 Å². The van der Waals surface area contributed by atoms with Gasteiger partial charge in [-0.05, 0) is 18.2 Å². The Kier molecular flexibility index (Phi) is 4.06. The number of halogens is 2. The summed E-state index contributed by atoms with van der Waals surface area (Å²) < 4.78 is 32.4. The zero-order valence-corrected chi connectivity index (χ0v) is 12.9. The monoisotopic (exact) mass is 336 g/mol. The van der Waals surface area contributed by atoms with Crippen LogP contribution in [-0.2, 0) is 11.2 Å². The van der Waals surface area contributed by atoms with E-state index in [2.05, 4.69) is 10.3 Å². The van der Waals surface area contributed by atoms with Gasteiger partial charge >= 0.3 is 0 Å². The number of quaternary nitrogens is 1. The van der Waals surface area contributed by atoms with Crippen molar-refractivity contribution >= 4 is 12.1 Å². The van der Waals surface area contributed by atoms with E-state index in [9.17, 15) is 18.8 Å². The van der Waals surface area contributed by atoms with Crippen molar-refractivity contribution < 1.29 is 23.5 Å². The molecule has 0 aliphatic carbocycles. The molecule has 1 aromatic carbocycles. The number of nitrogens with zero attached hydrogens (tertiary/aromatic N) is 2. The van der Waals surface area contributed by atoms with Gasteiger partial charge in [-0.15, -0.1) is 0 Å². The van der Waals surface area contributed by atoms with E-state index in [4.69, 9.17) is 4.74 Å². The van der Waals surface area contributed by atoms with Crippen molar-refractivity contribution in [1.82, 2.24) is 15.0 Å². The number of aromatic hydroxyl groups is 1. The molecule has 1 atom stereocenters. The number of aromatic nitrogens is 1. The highest BCUT2D eigenvalue weighted by Crippen LogP contribution is 2.45. The van der Waals surface area contributed by atoms with E-state index in [1.807, 2.05) is 0 Å². The van der Waals surface area contributed by atoms with Crippen LogP contribution in [0.15, 0.2) is 24.3 Å². The second kappa shape index (κ2) is 6.04. The molecule has 1 amide bonds. The number of rotatable bonds is 5. The molecule has 0 bridgehead atoms. The number of amides is 1. The molecule has 3 rings (SSSR count). The molecule has 0 saturated carbocycles. The van der Waals surface area contributed by atoms with Crippen molar-refractivity contribution in [1.29, 1.82) is 0 Å². The van der Waals surface area contributed by atoms with Crippen LogP contribution < -0.4 is 14.8 Å². The molecule has 1 aliphatic rings. The average molecular weight is 336 g/mol. The highest BCUT2D eigenvalue weighted by atomic mass is 19.2. The van der Waals surface area contributed by atoms with Gasteiger partial charge in [0.05, 0.1) is 0 Å². The molecule has 6 nitrogen and oxygen atoms in total. The smallest absolute Gasteiger partial charge is 0.263 e. The first kappa shape index (κ1) is 16.1. The van der Waals surface area contributed by atoms with E-state index in [0.29, 0.717) is 42.0 Å². The van der Waals surface area contributed by atoms with Crippen LogP contribution in [0.1, 0.15) is 5.69 Å². The summed E-state index contributed by atoms with van der Waals surface area (Å²) in [5.41, 5.74) is 1.58. The van der Waals surface area contributed by atoms with E-state index in [-0.39, 0.29) is 12.5 Å². The zero-order valence-electron chi connectivity index (χ0n) is 12.9. The van der Waals surface area contributed by atoms with E-state index in [1.54, 1.807) is 6.07 Å². The maximum Gasteiger partial charge on any atom is 0.263 e. The molecule has 126 valence electrons. The first-order chi connectivity index (χ1) is 11.4. The van der Waals surface area contributed by atoms with Gasteiger partial charge in [-0.3, -0.25) is 4.79 Å². The lowest BCUT2D eigenvalue weighted by molar-refractivity contribution is -0.109. The van der Waals surface area contributed by atoms with E-state index in [1.165, 1.54) is 19.2 Å². The fraction of sp³-hybridized carbons (Fsp3) is 0.250. The Bertz CT molecular complexity index is 796. The fourth-order valence-electron chi connectivity index (χ4n) is 2.56. The minimum atomic E-state index is -0.966. The molecule has 2 aromatic rings. The number of pyridine rings is 1. The van der Waals surface area contributed by atoms with E-state index in [0.717, 1.165) is 6.07 Å². The van der Waals surface area contributed by atoms with Crippen molar-refractivity contribution in [3.05, 3.63) is 35.8 Å². The standard InChI is InChI=1S/C16H15F2N3O3/c1-21(18)9-24-16-13(21)7-11(4-5-19-8-22)20-15(16)10-2-3-12(17)14(23)6-10/h2-3,6-8H,4-5,9H2,1H3,(H-,19,22,23)/p+1. The predicted octanol–water partition coefficient (Wildman–Crippen LogP) is 2.05. The molecule has 0 saturated heterocycles. The van der Waals surface area contributed by atoms with Crippen molar-refractivity contribution in [2.45, 2.75) is 6.42 Å². The maximum absolute atomic E-state index is 14.6. The highest BCUT2D eigenvalue weighted by Gasteiger charge is 2.41. The van der Waals surface area contributed by atoms with Crippen LogP contribution >= 0.6 is 0 Å². The second-order valence-electron chi connectivity index (χ2n) is 5.64. The Morgan fingerprint density at radius 2 is 2.25 bits per heavy atom. The first-order valence-electron chi connectivity index (χ1n) is 7.31. The van der Waals surface area contributed by atoms with Crippen molar-refractivity contribution in [2.24, 2.45) is 0 Å². The number of phenolic OH excluding ortho intramolecular Hbond substituents is 1. The number of carbonyl (C=O) groups excluding carboxylic acids is 1. The third-order valence-electron chi connectivity index (χ3n) is 3.79. The second-order valence-corrected chi connectivity index (χ2v) is 5.64. The number of hydrogen-bond donors (Lipinski definition) is 2. The Balaban J connectivity index is 2.10. The maximum atomic E-state index is 14.6. The minimum absolute atomic E-state index is 0.201.